The number of piperazine rings is 1. The summed E-state index contributed by atoms with van der Waals surface area (Å²) in [7, 11) is -1.08. The number of likely N-dealkylation sites (tertiary alicyclic amines) is 1. The molecule has 2 amide bonds. The van der Waals surface area contributed by atoms with E-state index in [2.05, 4.69) is 21.8 Å². The molecule has 47 heavy (non-hydrogen) atoms. The number of pyridine rings is 1. The monoisotopic (exact) mass is 683 g/mol. The first-order valence-corrected chi connectivity index (χ1v) is 17.5. The lowest BCUT2D eigenvalue weighted by molar-refractivity contribution is -0.122. The zero-order valence-electron chi connectivity index (χ0n) is 26.4. The number of rotatable bonds is 8. The zero-order valence-corrected chi connectivity index (χ0v) is 28.0. The van der Waals surface area contributed by atoms with Crippen LogP contribution in [0.1, 0.15) is 42.9 Å². The summed E-state index contributed by atoms with van der Waals surface area (Å²) in [4.78, 5) is 37.8. The molecule has 2 saturated heterocycles. The number of benzene rings is 2. The molecule has 2 fully saturated rings. The number of aromatic nitrogens is 1. The quantitative estimate of drug-likeness (QED) is 0.270. The summed E-state index contributed by atoms with van der Waals surface area (Å²) in [5.41, 5.74) is 0.393. The van der Waals surface area contributed by atoms with Gasteiger partial charge in [0.2, 0.25) is 5.88 Å². The van der Waals surface area contributed by atoms with Crippen LogP contribution in [-0.4, -0.2) is 103 Å². The number of amides is 2. The Hall–Kier alpha value is -3.91. The molecule has 0 radical (unpaired) electrons. The minimum absolute atomic E-state index is 0.0491. The molecule has 0 aliphatic carbocycles. The first-order valence-electron chi connectivity index (χ1n) is 15.6. The van der Waals surface area contributed by atoms with Crippen molar-refractivity contribution in [3.8, 4) is 11.6 Å². The number of carboxylic acid groups (broad SMARTS) is 1. The van der Waals surface area contributed by atoms with Crippen LogP contribution in [0.5, 0.6) is 11.6 Å². The summed E-state index contributed by atoms with van der Waals surface area (Å²) < 4.78 is 40.8. The van der Waals surface area contributed by atoms with Crippen LogP contribution in [-0.2, 0) is 14.8 Å². The van der Waals surface area contributed by atoms with E-state index in [1.165, 1.54) is 24.1 Å². The summed E-state index contributed by atoms with van der Waals surface area (Å²) in [5, 5.41) is 10.7. The van der Waals surface area contributed by atoms with Gasteiger partial charge >= 0.3 is 6.09 Å². The predicted molar refractivity (Wildman–Crippen MR) is 176 cm³/mol. The summed E-state index contributed by atoms with van der Waals surface area (Å²) >= 11 is 7.13. The van der Waals surface area contributed by atoms with E-state index < -0.39 is 45.5 Å². The van der Waals surface area contributed by atoms with Gasteiger partial charge < -0.3 is 19.5 Å². The molecule has 0 spiro atoms. The Morgan fingerprint density at radius 2 is 1.72 bits per heavy atom. The van der Waals surface area contributed by atoms with E-state index in [9.17, 15) is 23.1 Å². The van der Waals surface area contributed by atoms with E-state index in [1.807, 2.05) is 13.0 Å². The first-order chi connectivity index (χ1) is 22.6. The summed E-state index contributed by atoms with van der Waals surface area (Å²) in [5.74, 6) is -1.59. The van der Waals surface area contributed by atoms with E-state index in [-0.39, 0.29) is 28.9 Å². The normalized spacial score (nSPS) is 24.3. The average molecular weight is 684 g/mol. The van der Waals surface area contributed by atoms with Crippen molar-refractivity contribution < 1.29 is 32.6 Å². The summed E-state index contributed by atoms with van der Waals surface area (Å²) in [6, 6.07) is 14.3. The number of sulfonamides is 1. The van der Waals surface area contributed by atoms with E-state index in [0.29, 0.717) is 23.6 Å². The van der Waals surface area contributed by atoms with Crippen molar-refractivity contribution in [2.75, 3.05) is 44.7 Å². The maximum atomic E-state index is 14.8. The molecule has 12 nitrogen and oxygen atoms in total. The van der Waals surface area contributed by atoms with Gasteiger partial charge in [-0.3, -0.25) is 14.6 Å². The highest BCUT2D eigenvalue weighted by atomic mass is 35.5. The average Bonchev–Trinajstić information content (AvgIpc) is 3.37. The number of carbonyl (C=O) groups excluding carboxylic acids is 1. The second-order valence-corrected chi connectivity index (χ2v) is 14.2. The van der Waals surface area contributed by atoms with Gasteiger partial charge in [-0.1, -0.05) is 36.4 Å². The number of hydrogen-bond donors (Lipinski definition) is 1. The fourth-order valence-electron chi connectivity index (χ4n) is 7.27. The molecule has 3 aromatic rings. The van der Waals surface area contributed by atoms with Gasteiger partial charge in [0.25, 0.3) is 15.9 Å². The number of anilines is 1. The highest BCUT2D eigenvalue weighted by Crippen LogP contribution is 2.51. The van der Waals surface area contributed by atoms with Crippen molar-refractivity contribution in [3.05, 3.63) is 78.0 Å². The minimum atomic E-state index is -4.49. The maximum absolute atomic E-state index is 14.8. The van der Waals surface area contributed by atoms with Gasteiger partial charge in [0.15, 0.2) is 0 Å². The lowest BCUT2D eigenvalue weighted by atomic mass is 9.80. The van der Waals surface area contributed by atoms with Gasteiger partial charge in [0.1, 0.15) is 16.1 Å². The van der Waals surface area contributed by atoms with Crippen LogP contribution in [0.4, 0.5) is 10.5 Å². The highest BCUT2D eigenvalue weighted by molar-refractivity contribution is 7.93. The summed E-state index contributed by atoms with van der Waals surface area (Å²) in [6.45, 7) is 3.66. The molecule has 2 aromatic carbocycles. The molecule has 3 aliphatic rings. The molecular weight excluding hydrogens is 646 g/mol. The predicted octanol–water partition coefficient (Wildman–Crippen LogP) is 4.37. The lowest BCUT2D eigenvalue weighted by Crippen LogP contribution is -2.65. The number of piperidine rings is 1. The molecule has 6 rings (SSSR count). The molecule has 250 valence electrons. The molecule has 1 aromatic heterocycles. The molecular formula is C33H38ClN5O7S. The van der Waals surface area contributed by atoms with Crippen LogP contribution in [0, 0.1) is 0 Å². The Labute approximate surface area is 279 Å². The van der Waals surface area contributed by atoms with Crippen LogP contribution >= 0.6 is 11.6 Å². The number of nitrogens with zero attached hydrogens (tertiary/aromatic N) is 5. The largest absolute Gasteiger partial charge is 0.495 e. The van der Waals surface area contributed by atoms with Crippen molar-refractivity contribution >= 4 is 39.3 Å². The Bertz CT molecular complexity index is 1750. The molecule has 14 heteroatoms. The number of alkyl halides is 1. The Kier molecular flexibility index (Phi) is 9.34. The van der Waals surface area contributed by atoms with Crippen LogP contribution in [0.3, 0.4) is 0 Å². The van der Waals surface area contributed by atoms with E-state index in [0.717, 1.165) is 30.2 Å². The third kappa shape index (κ3) is 5.79. The second kappa shape index (κ2) is 13.3. The SMILES string of the molecule is CCOc1ncccc1C1C(C2C(=O)N(S(=O)(=O)c3ccccc3OC)c3ccccc32)N(C(=O)O)CC(Cl)N1C1CCN(C)CC1. The second-order valence-electron chi connectivity index (χ2n) is 11.9. The van der Waals surface area contributed by atoms with E-state index in [1.54, 1.807) is 48.7 Å². The number of para-hydroxylation sites is 2. The number of halogens is 1. The molecule has 1 N–H and O–H groups in total. The molecule has 0 saturated carbocycles. The van der Waals surface area contributed by atoms with Crippen molar-refractivity contribution in [1.82, 2.24) is 19.7 Å². The number of ether oxygens (including phenoxy) is 2. The number of hydrogen-bond acceptors (Lipinski definition) is 9. The Morgan fingerprint density at radius 1 is 1.04 bits per heavy atom. The standard InChI is InChI=1S/C33H38ClN5O7S/c1-4-46-31-23(11-9-17-35-31)29-30(37(33(41)42)20-27(34)38(29)21-15-18-36(2)19-16-21)28-22-10-5-6-12-24(22)39(32(28)40)47(43,44)26-14-8-7-13-25(26)45-3/h5-14,17,21,27-30H,4,15-16,18-20H2,1-3H3,(H,41,42). The Balaban J connectivity index is 1.56. The zero-order chi connectivity index (χ0) is 33.5. The first kappa shape index (κ1) is 33.0. The number of methoxy groups -OCH3 is 1. The third-order valence-electron chi connectivity index (χ3n) is 9.32. The molecule has 3 aliphatic heterocycles. The van der Waals surface area contributed by atoms with Gasteiger partial charge in [-0.25, -0.2) is 22.5 Å². The van der Waals surface area contributed by atoms with E-state index >= 15 is 0 Å². The molecule has 4 atom stereocenters. The lowest BCUT2D eigenvalue weighted by Gasteiger charge is -2.54. The van der Waals surface area contributed by atoms with Gasteiger partial charge in [0.05, 0.1) is 44.0 Å². The van der Waals surface area contributed by atoms with Crippen LogP contribution in [0.25, 0.3) is 0 Å². The van der Waals surface area contributed by atoms with Gasteiger partial charge in [-0.2, -0.15) is 0 Å². The fourth-order valence-corrected chi connectivity index (χ4v) is 9.33. The molecule has 4 heterocycles. The summed E-state index contributed by atoms with van der Waals surface area (Å²) in [6.07, 6.45) is 1.86. The van der Waals surface area contributed by atoms with Crippen LogP contribution < -0.4 is 13.8 Å². The minimum Gasteiger partial charge on any atom is -0.495 e. The third-order valence-corrected chi connectivity index (χ3v) is 11.4. The van der Waals surface area contributed by atoms with E-state index in [4.69, 9.17) is 21.1 Å². The number of fused-ring (bicyclic) bond motifs is 1. The smallest absolute Gasteiger partial charge is 0.407 e. The molecule has 0 bridgehead atoms. The topological polar surface area (TPSA) is 133 Å². The highest BCUT2D eigenvalue weighted by Gasteiger charge is 2.57. The van der Waals surface area contributed by atoms with Crippen molar-refractivity contribution in [2.45, 2.75) is 54.2 Å². The Morgan fingerprint density at radius 3 is 2.43 bits per heavy atom. The number of carbonyl (C=O) groups is 2. The van der Waals surface area contributed by atoms with Crippen LogP contribution in [0.15, 0.2) is 71.8 Å². The van der Waals surface area contributed by atoms with Crippen molar-refractivity contribution in [3.63, 3.8) is 0 Å². The molecule has 4 unspecified atom stereocenters. The van der Waals surface area contributed by atoms with Gasteiger partial charge in [-0.15, -0.1) is 11.6 Å². The van der Waals surface area contributed by atoms with Crippen molar-refractivity contribution in [1.29, 1.82) is 0 Å². The van der Waals surface area contributed by atoms with Gasteiger partial charge in [0, 0.05) is 17.8 Å². The fraction of sp³-hybridized carbons (Fsp3) is 0.424. The van der Waals surface area contributed by atoms with Crippen LogP contribution in [0.2, 0.25) is 0 Å². The van der Waals surface area contributed by atoms with Gasteiger partial charge in [-0.05, 0) is 69.7 Å². The van der Waals surface area contributed by atoms with Crippen molar-refractivity contribution in [2.24, 2.45) is 0 Å². The maximum Gasteiger partial charge on any atom is 0.407 e.